The fraction of sp³-hybridized carbons (Fsp3) is 0.440. The largest absolute Gasteiger partial charge is 0.497 e. The normalized spacial score (nSPS) is 22.3. The van der Waals surface area contributed by atoms with Gasteiger partial charge in [0.1, 0.15) is 11.2 Å². The van der Waals surface area contributed by atoms with E-state index in [-0.39, 0.29) is 5.91 Å². The number of amides is 1. The molecule has 0 radical (unpaired) electrons. The maximum atomic E-state index is 14.2. The van der Waals surface area contributed by atoms with Gasteiger partial charge in [-0.25, -0.2) is 9.97 Å². The number of nitrogens with one attached hydrogen (secondary N) is 2. The van der Waals surface area contributed by atoms with Crippen molar-refractivity contribution in [1.29, 1.82) is 0 Å². The molecule has 176 valence electrons. The van der Waals surface area contributed by atoms with E-state index in [4.69, 9.17) is 9.72 Å². The third-order valence-corrected chi connectivity index (χ3v) is 7.23. The van der Waals surface area contributed by atoms with Gasteiger partial charge in [0.25, 0.3) is 0 Å². The summed E-state index contributed by atoms with van der Waals surface area (Å²) in [5.74, 6) is 2.22. The van der Waals surface area contributed by atoms with E-state index in [1.807, 2.05) is 41.4 Å². The minimum absolute atomic E-state index is 0.101. The lowest BCUT2D eigenvalue weighted by Crippen LogP contribution is -2.53. The van der Waals surface area contributed by atoms with Crippen LogP contribution in [0.3, 0.4) is 0 Å². The molecule has 9 heteroatoms. The van der Waals surface area contributed by atoms with E-state index in [9.17, 15) is 4.79 Å². The second kappa shape index (κ2) is 8.39. The first-order valence-electron chi connectivity index (χ1n) is 11.9. The number of hydrogen-bond acceptors (Lipinski definition) is 7. The van der Waals surface area contributed by atoms with Gasteiger partial charge in [0.15, 0.2) is 0 Å². The molecule has 1 aromatic carbocycles. The Balaban J connectivity index is 1.35. The monoisotopic (exact) mass is 459 g/mol. The SMILES string of the molecule is COc1ccc(N2Cc3cnc(NCC4CC4)nc3[C@]3(CCN(Cc4ccn[nH]4)C3)C2=O)cc1. The lowest BCUT2D eigenvalue weighted by molar-refractivity contribution is -0.124. The van der Waals surface area contributed by atoms with E-state index < -0.39 is 5.41 Å². The van der Waals surface area contributed by atoms with Crippen molar-refractivity contribution in [2.24, 2.45) is 5.92 Å². The fourth-order valence-electron chi connectivity index (χ4n) is 5.16. The Morgan fingerprint density at radius 2 is 2.09 bits per heavy atom. The van der Waals surface area contributed by atoms with E-state index in [0.29, 0.717) is 19.0 Å². The van der Waals surface area contributed by atoms with Crippen LogP contribution < -0.4 is 15.0 Å². The van der Waals surface area contributed by atoms with Gasteiger partial charge in [-0.3, -0.25) is 14.8 Å². The number of fused-ring (bicyclic) bond motifs is 2. The molecule has 0 unspecified atom stereocenters. The molecule has 4 heterocycles. The summed E-state index contributed by atoms with van der Waals surface area (Å²) in [5.41, 5.74) is 3.09. The Bertz CT molecular complexity index is 1180. The van der Waals surface area contributed by atoms with Gasteiger partial charge in [-0.15, -0.1) is 0 Å². The van der Waals surface area contributed by atoms with Gasteiger partial charge in [-0.1, -0.05) is 0 Å². The summed E-state index contributed by atoms with van der Waals surface area (Å²) >= 11 is 0. The highest BCUT2D eigenvalue weighted by molar-refractivity contribution is 6.03. The quantitative estimate of drug-likeness (QED) is 0.560. The van der Waals surface area contributed by atoms with Gasteiger partial charge >= 0.3 is 0 Å². The number of ether oxygens (including phenoxy) is 1. The molecule has 3 aliphatic rings. The van der Waals surface area contributed by atoms with Gasteiger partial charge < -0.3 is 15.0 Å². The van der Waals surface area contributed by atoms with Gasteiger partial charge in [-0.2, -0.15) is 5.10 Å². The molecule has 1 atom stereocenters. The number of anilines is 2. The first kappa shape index (κ1) is 21.1. The van der Waals surface area contributed by atoms with Crippen LogP contribution in [0.25, 0.3) is 0 Å². The van der Waals surface area contributed by atoms with Gasteiger partial charge in [0.05, 0.1) is 19.3 Å². The van der Waals surface area contributed by atoms with Crippen molar-refractivity contribution in [3.05, 3.63) is 59.7 Å². The van der Waals surface area contributed by atoms with Crippen LogP contribution in [0.15, 0.2) is 42.7 Å². The standard InChI is InChI=1S/C25H29N7O2/c1-34-21-6-4-20(5-7-21)32-14-18-13-27-24(26-12-17-2-3-17)29-22(18)25(23(32)33)9-11-31(16-25)15-19-8-10-28-30-19/h4-8,10,13,17H,2-3,9,11-12,14-16H2,1H3,(H,28,30)(H,26,27,29)/t25-/m1/s1. The smallest absolute Gasteiger partial charge is 0.240 e. The molecule has 2 N–H and O–H groups in total. The first-order chi connectivity index (χ1) is 16.6. The Labute approximate surface area is 198 Å². The highest BCUT2D eigenvalue weighted by Crippen LogP contribution is 2.43. The van der Waals surface area contributed by atoms with Crippen LogP contribution in [0.2, 0.25) is 0 Å². The second-order valence-electron chi connectivity index (χ2n) is 9.61. The van der Waals surface area contributed by atoms with Gasteiger partial charge in [0, 0.05) is 55.5 Å². The van der Waals surface area contributed by atoms with Crippen LogP contribution in [-0.2, 0) is 23.3 Å². The topological polar surface area (TPSA) is 99.3 Å². The zero-order chi connectivity index (χ0) is 23.1. The molecule has 1 aliphatic carbocycles. The Morgan fingerprint density at radius 3 is 2.82 bits per heavy atom. The number of rotatable bonds is 7. The van der Waals surface area contributed by atoms with Crippen molar-refractivity contribution in [3.8, 4) is 5.75 Å². The minimum Gasteiger partial charge on any atom is -0.497 e. The fourth-order valence-corrected chi connectivity index (χ4v) is 5.16. The van der Waals surface area contributed by atoms with E-state index in [2.05, 4.69) is 25.4 Å². The Hall–Kier alpha value is -3.46. The number of H-pyrrole nitrogens is 1. The maximum absolute atomic E-state index is 14.2. The Morgan fingerprint density at radius 1 is 1.24 bits per heavy atom. The number of aromatic nitrogens is 4. The van der Waals surface area contributed by atoms with Crippen LogP contribution in [-0.4, -0.2) is 57.7 Å². The van der Waals surface area contributed by atoms with E-state index in [1.165, 1.54) is 12.8 Å². The zero-order valence-electron chi connectivity index (χ0n) is 19.3. The number of hydrogen-bond donors (Lipinski definition) is 2. The van der Waals surface area contributed by atoms with Crippen LogP contribution in [0, 0.1) is 5.92 Å². The van der Waals surface area contributed by atoms with Crippen molar-refractivity contribution < 1.29 is 9.53 Å². The molecule has 6 rings (SSSR count). The lowest BCUT2D eigenvalue weighted by Gasteiger charge is -2.40. The van der Waals surface area contributed by atoms with Gasteiger partial charge in [0.2, 0.25) is 11.9 Å². The number of aromatic amines is 1. The molecule has 2 aromatic heterocycles. The zero-order valence-corrected chi connectivity index (χ0v) is 19.3. The molecule has 1 spiro atoms. The third kappa shape index (κ3) is 3.79. The van der Waals surface area contributed by atoms with E-state index >= 15 is 0 Å². The minimum atomic E-state index is -0.702. The van der Waals surface area contributed by atoms with Crippen molar-refractivity contribution >= 4 is 17.5 Å². The highest BCUT2D eigenvalue weighted by atomic mass is 16.5. The summed E-state index contributed by atoms with van der Waals surface area (Å²) in [6.45, 7) is 3.51. The van der Waals surface area contributed by atoms with E-state index in [0.717, 1.165) is 60.4 Å². The number of nitrogens with zero attached hydrogens (tertiary/aromatic N) is 5. The van der Waals surface area contributed by atoms with Crippen LogP contribution in [0.5, 0.6) is 5.75 Å². The molecular formula is C25H29N7O2. The predicted octanol–water partition coefficient (Wildman–Crippen LogP) is 2.72. The summed E-state index contributed by atoms with van der Waals surface area (Å²) in [6, 6.07) is 9.66. The van der Waals surface area contributed by atoms with Crippen molar-refractivity contribution in [2.75, 3.05) is 37.0 Å². The number of likely N-dealkylation sites (tertiary alicyclic amines) is 1. The molecule has 34 heavy (non-hydrogen) atoms. The number of carbonyl (C=O) groups is 1. The second-order valence-corrected chi connectivity index (χ2v) is 9.61. The highest BCUT2D eigenvalue weighted by Gasteiger charge is 2.53. The summed E-state index contributed by atoms with van der Waals surface area (Å²) in [5, 5.41) is 10.5. The average molecular weight is 460 g/mol. The molecule has 2 fully saturated rings. The van der Waals surface area contributed by atoms with Crippen LogP contribution in [0.1, 0.15) is 36.2 Å². The third-order valence-electron chi connectivity index (χ3n) is 7.23. The molecule has 0 bridgehead atoms. The lowest BCUT2D eigenvalue weighted by atomic mass is 9.77. The van der Waals surface area contributed by atoms with Crippen LogP contribution in [0.4, 0.5) is 11.6 Å². The summed E-state index contributed by atoms with van der Waals surface area (Å²) in [7, 11) is 1.64. The molecule has 3 aromatic rings. The predicted molar refractivity (Wildman–Crippen MR) is 128 cm³/mol. The molecular weight excluding hydrogens is 430 g/mol. The molecule has 9 nitrogen and oxygen atoms in total. The van der Waals surface area contributed by atoms with Crippen molar-refractivity contribution in [1.82, 2.24) is 25.1 Å². The van der Waals surface area contributed by atoms with Gasteiger partial charge in [-0.05, 0) is 55.5 Å². The molecule has 2 aliphatic heterocycles. The van der Waals surface area contributed by atoms with Crippen LogP contribution >= 0.6 is 0 Å². The summed E-state index contributed by atoms with van der Waals surface area (Å²) in [4.78, 5) is 27.9. The summed E-state index contributed by atoms with van der Waals surface area (Å²) < 4.78 is 5.31. The average Bonchev–Trinajstić information content (AvgIpc) is 3.38. The maximum Gasteiger partial charge on any atom is 0.240 e. The molecule has 1 amide bonds. The number of benzene rings is 1. The molecule has 1 saturated carbocycles. The number of methoxy groups -OCH3 is 1. The number of carbonyl (C=O) groups excluding carboxylic acids is 1. The Kier molecular flexibility index (Phi) is 5.21. The van der Waals surface area contributed by atoms with Crippen molar-refractivity contribution in [2.45, 2.75) is 37.8 Å². The van der Waals surface area contributed by atoms with E-state index in [1.54, 1.807) is 13.3 Å². The summed E-state index contributed by atoms with van der Waals surface area (Å²) in [6.07, 6.45) is 6.91. The van der Waals surface area contributed by atoms with Crippen molar-refractivity contribution in [3.63, 3.8) is 0 Å². The first-order valence-corrected chi connectivity index (χ1v) is 11.9. The molecule has 1 saturated heterocycles.